The predicted octanol–water partition coefficient (Wildman–Crippen LogP) is 2.84. The van der Waals surface area contributed by atoms with E-state index in [9.17, 15) is 13.2 Å². The van der Waals surface area contributed by atoms with Crippen LogP contribution in [-0.2, 0) is 5.41 Å². The molecule has 128 valence electrons. The van der Waals surface area contributed by atoms with E-state index in [0.29, 0.717) is 12.5 Å². The molecule has 7 heteroatoms. The van der Waals surface area contributed by atoms with Gasteiger partial charge >= 0.3 is 6.18 Å². The highest BCUT2D eigenvalue weighted by molar-refractivity contribution is 5.79. The van der Waals surface area contributed by atoms with Crippen molar-refractivity contribution in [1.82, 2.24) is 10.6 Å². The number of guanidine groups is 1. The fourth-order valence-electron chi connectivity index (χ4n) is 2.46. The number of methoxy groups -OCH3 is 1. The van der Waals surface area contributed by atoms with E-state index >= 15 is 0 Å². The highest BCUT2D eigenvalue weighted by atomic mass is 19.4. The molecule has 1 aliphatic carbocycles. The van der Waals surface area contributed by atoms with Crippen molar-refractivity contribution in [2.45, 2.75) is 30.9 Å². The summed E-state index contributed by atoms with van der Waals surface area (Å²) in [5.74, 6) is 1.20. The van der Waals surface area contributed by atoms with Crippen LogP contribution in [0.15, 0.2) is 29.3 Å². The highest BCUT2D eigenvalue weighted by Gasteiger charge is 2.44. The van der Waals surface area contributed by atoms with Crippen LogP contribution in [0.2, 0.25) is 0 Å². The quantitative estimate of drug-likeness (QED) is 0.623. The van der Waals surface area contributed by atoms with Gasteiger partial charge in [-0.1, -0.05) is 12.1 Å². The molecule has 1 aromatic carbocycles. The molecule has 0 unspecified atom stereocenters. The van der Waals surface area contributed by atoms with Crippen molar-refractivity contribution in [3.8, 4) is 5.75 Å². The monoisotopic (exact) mass is 329 g/mol. The summed E-state index contributed by atoms with van der Waals surface area (Å²) < 4.78 is 41.7. The summed E-state index contributed by atoms with van der Waals surface area (Å²) in [6.45, 7) is 0.462. The lowest BCUT2D eigenvalue weighted by atomic mass is 9.96. The third-order valence-corrected chi connectivity index (χ3v) is 4.07. The van der Waals surface area contributed by atoms with Crippen molar-refractivity contribution < 1.29 is 17.9 Å². The molecule has 1 saturated carbocycles. The SMILES string of the molecule is CN=C(NCCC(F)(F)F)NCC1(c2ccc(OC)cc2)CC1. The van der Waals surface area contributed by atoms with Gasteiger partial charge in [-0.05, 0) is 30.5 Å². The molecule has 1 aliphatic rings. The normalized spacial score (nSPS) is 16.8. The van der Waals surface area contributed by atoms with Crippen LogP contribution in [0.4, 0.5) is 13.2 Å². The average Bonchev–Trinajstić information content (AvgIpc) is 3.31. The summed E-state index contributed by atoms with van der Waals surface area (Å²) >= 11 is 0. The molecular formula is C16H22F3N3O. The molecule has 1 fully saturated rings. The number of hydrogen-bond donors (Lipinski definition) is 2. The number of nitrogens with zero attached hydrogens (tertiary/aromatic N) is 1. The number of aliphatic imine (C=N–C) groups is 1. The van der Waals surface area contributed by atoms with Gasteiger partial charge in [0.25, 0.3) is 0 Å². The van der Waals surface area contributed by atoms with E-state index in [1.165, 1.54) is 5.56 Å². The van der Waals surface area contributed by atoms with Gasteiger partial charge in [0.2, 0.25) is 0 Å². The highest BCUT2D eigenvalue weighted by Crippen LogP contribution is 2.47. The van der Waals surface area contributed by atoms with Crippen molar-refractivity contribution in [2.24, 2.45) is 4.99 Å². The van der Waals surface area contributed by atoms with E-state index < -0.39 is 12.6 Å². The Kier molecular flexibility index (Phi) is 5.38. The van der Waals surface area contributed by atoms with Gasteiger partial charge in [-0.25, -0.2) is 0 Å². The van der Waals surface area contributed by atoms with Gasteiger partial charge in [0.15, 0.2) is 5.96 Å². The number of benzene rings is 1. The molecule has 2 rings (SSSR count). The second-order valence-corrected chi connectivity index (χ2v) is 5.73. The van der Waals surface area contributed by atoms with Gasteiger partial charge in [-0.2, -0.15) is 13.2 Å². The number of rotatable bonds is 6. The number of ether oxygens (including phenoxy) is 1. The molecule has 0 aromatic heterocycles. The third kappa shape index (κ3) is 5.04. The molecule has 0 heterocycles. The molecule has 0 bridgehead atoms. The molecule has 0 aliphatic heterocycles. The third-order valence-electron chi connectivity index (χ3n) is 4.07. The van der Waals surface area contributed by atoms with Crippen LogP contribution in [-0.4, -0.2) is 39.4 Å². The van der Waals surface area contributed by atoms with Crippen LogP contribution < -0.4 is 15.4 Å². The van der Waals surface area contributed by atoms with Crippen LogP contribution in [0.25, 0.3) is 0 Å². The maximum atomic E-state index is 12.2. The fraction of sp³-hybridized carbons (Fsp3) is 0.562. The van der Waals surface area contributed by atoms with Gasteiger partial charge in [-0.15, -0.1) is 0 Å². The van der Waals surface area contributed by atoms with Crippen molar-refractivity contribution in [3.63, 3.8) is 0 Å². The number of nitrogens with one attached hydrogen (secondary N) is 2. The Balaban J connectivity index is 1.85. The summed E-state index contributed by atoms with van der Waals surface area (Å²) in [6, 6.07) is 7.92. The molecule has 0 radical (unpaired) electrons. The van der Waals surface area contributed by atoms with Gasteiger partial charge in [-0.3, -0.25) is 4.99 Å². The lowest BCUT2D eigenvalue weighted by molar-refractivity contribution is -0.132. The molecule has 23 heavy (non-hydrogen) atoms. The summed E-state index contributed by atoms with van der Waals surface area (Å²) in [7, 11) is 3.18. The topological polar surface area (TPSA) is 45.7 Å². The van der Waals surface area contributed by atoms with Crippen molar-refractivity contribution >= 4 is 5.96 Å². The first-order valence-corrected chi connectivity index (χ1v) is 7.54. The molecule has 0 atom stereocenters. The second kappa shape index (κ2) is 7.10. The first-order chi connectivity index (χ1) is 10.9. The summed E-state index contributed by atoms with van der Waals surface area (Å²) in [6.07, 6.45) is -2.94. The maximum absolute atomic E-state index is 12.2. The fourth-order valence-corrected chi connectivity index (χ4v) is 2.46. The standard InChI is InChI=1S/C16H22F3N3O/c1-20-14(21-10-9-16(17,18)19)22-11-15(7-8-15)12-3-5-13(23-2)6-4-12/h3-6H,7-11H2,1-2H3,(H2,20,21,22). The van der Waals surface area contributed by atoms with Gasteiger partial charge in [0.05, 0.1) is 13.5 Å². The molecule has 0 spiro atoms. The Hall–Kier alpha value is -1.92. The van der Waals surface area contributed by atoms with E-state index in [1.807, 2.05) is 24.3 Å². The molecule has 0 saturated heterocycles. The van der Waals surface area contributed by atoms with Crippen LogP contribution >= 0.6 is 0 Å². The van der Waals surface area contributed by atoms with Gasteiger partial charge in [0.1, 0.15) is 5.75 Å². The van der Waals surface area contributed by atoms with E-state index in [2.05, 4.69) is 15.6 Å². The summed E-state index contributed by atoms with van der Waals surface area (Å²) in [4.78, 5) is 3.97. The minimum atomic E-state index is -4.16. The molecular weight excluding hydrogens is 307 g/mol. The number of hydrogen-bond acceptors (Lipinski definition) is 2. The predicted molar refractivity (Wildman–Crippen MR) is 83.9 cm³/mol. The summed E-state index contributed by atoms with van der Waals surface area (Å²) in [5, 5.41) is 5.82. The summed E-state index contributed by atoms with van der Waals surface area (Å²) in [5.41, 5.74) is 1.24. The van der Waals surface area contributed by atoms with E-state index in [1.54, 1.807) is 14.2 Å². The average molecular weight is 329 g/mol. The first kappa shape index (κ1) is 17.4. The Morgan fingerprint density at radius 1 is 1.22 bits per heavy atom. The Bertz CT molecular complexity index is 536. The van der Waals surface area contributed by atoms with E-state index in [-0.39, 0.29) is 12.0 Å². The zero-order chi connectivity index (χ0) is 16.9. The minimum Gasteiger partial charge on any atom is -0.497 e. The largest absolute Gasteiger partial charge is 0.497 e. The Morgan fingerprint density at radius 3 is 2.35 bits per heavy atom. The lowest BCUT2D eigenvalue weighted by Gasteiger charge is -2.19. The number of alkyl halides is 3. The number of halogens is 3. The molecule has 4 nitrogen and oxygen atoms in total. The van der Waals surface area contributed by atoms with Crippen molar-refractivity contribution in [2.75, 3.05) is 27.2 Å². The van der Waals surface area contributed by atoms with Crippen LogP contribution in [0, 0.1) is 0 Å². The van der Waals surface area contributed by atoms with Crippen LogP contribution in [0.3, 0.4) is 0 Å². The Morgan fingerprint density at radius 2 is 1.87 bits per heavy atom. The lowest BCUT2D eigenvalue weighted by Crippen LogP contribution is -2.42. The van der Waals surface area contributed by atoms with E-state index in [0.717, 1.165) is 18.6 Å². The second-order valence-electron chi connectivity index (χ2n) is 5.73. The zero-order valence-corrected chi connectivity index (χ0v) is 13.3. The van der Waals surface area contributed by atoms with Crippen molar-refractivity contribution in [3.05, 3.63) is 29.8 Å². The van der Waals surface area contributed by atoms with Gasteiger partial charge < -0.3 is 15.4 Å². The van der Waals surface area contributed by atoms with Crippen LogP contribution in [0.5, 0.6) is 5.75 Å². The smallest absolute Gasteiger partial charge is 0.390 e. The first-order valence-electron chi connectivity index (χ1n) is 7.54. The molecule has 2 N–H and O–H groups in total. The molecule has 0 amide bonds. The van der Waals surface area contributed by atoms with Gasteiger partial charge in [0, 0.05) is 25.6 Å². The zero-order valence-electron chi connectivity index (χ0n) is 13.3. The minimum absolute atomic E-state index is 0.0356. The Labute approximate surface area is 134 Å². The van der Waals surface area contributed by atoms with Crippen LogP contribution in [0.1, 0.15) is 24.8 Å². The van der Waals surface area contributed by atoms with E-state index in [4.69, 9.17) is 4.74 Å². The molecule has 1 aromatic rings. The maximum Gasteiger partial charge on any atom is 0.390 e. The van der Waals surface area contributed by atoms with Crippen molar-refractivity contribution in [1.29, 1.82) is 0 Å².